The maximum absolute atomic E-state index is 10.8. The van der Waals surface area contributed by atoms with Crippen molar-refractivity contribution in [3.8, 4) is 0 Å². The number of carboxylic acid groups (broad SMARTS) is 1. The smallest absolute Gasteiger partial charge is 0.339 e. The van der Waals surface area contributed by atoms with Crippen LogP contribution in [0.5, 0.6) is 0 Å². The van der Waals surface area contributed by atoms with Gasteiger partial charge in [0, 0.05) is 17.6 Å². The summed E-state index contributed by atoms with van der Waals surface area (Å²) in [5, 5.41) is 12.0. The first kappa shape index (κ1) is 11.8. The summed E-state index contributed by atoms with van der Waals surface area (Å²) >= 11 is 1.57. The summed E-state index contributed by atoms with van der Waals surface area (Å²) in [5.41, 5.74) is 2.00. The molecule has 2 heterocycles. The number of rotatable bonds is 5. The number of nitrogens with one attached hydrogen (secondary N) is 1. The second-order valence-corrected chi connectivity index (χ2v) is 4.53. The van der Waals surface area contributed by atoms with Gasteiger partial charge < -0.3 is 14.8 Å². The predicted octanol–water partition coefficient (Wildman–Crippen LogP) is 2.03. The van der Waals surface area contributed by atoms with Gasteiger partial charge in [0.25, 0.3) is 0 Å². The van der Waals surface area contributed by atoms with Crippen LogP contribution in [-0.4, -0.2) is 16.1 Å². The van der Waals surface area contributed by atoms with Crippen molar-refractivity contribution in [1.82, 2.24) is 10.3 Å². The van der Waals surface area contributed by atoms with Gasteiger partial charge in [-0.05, 0) is 13.0 Å². The quantitative estimate of drug-likeness (QED) is 0.851. The number of aromatic nitrogens is 1. The third-order valence-electron chi connectivity index (χ3n) is 2.28. The molecule has 0 bridgehead atoms. The monoisotopic (exact) mass is 252 g/mol. The van der Waals surface area contributed by atoms with E-state index in [2.05, 4.69) is 10.3 Å². The zero-order valence-corrected chi connectivity index (χ0v) is 10.1. The van der Waals surface area contributed by atoms with Gasteiger partial charge in [0.1, 0.15) is 17.1 Å². The summed E-state index contributed by atoms with van der Waals surface area (Å²) in [7, 11) is 0. The first-order chi connectivity index (χ1) is 8.16. The fourth-order valence-corrected chi connectivity index (χ4v) is 2.05. The van der Waals surface area contributed by atoms with Crippen LogP contribution in [0.3, 0.4) is 0 Å². The van der Waals surface area contributed by atoms with Crippen molar-refractivity contribution in [3.05, 3.63) is 39.7 Å². The third-order valence-corrected chi connectivity index (χ3v) is 3.06. The highest BCUT2D eigenvalue weighted by Gasteiger charge is 2.13. The van der Waals surface area contributed by atoms with Crippen molar-refractivity contribution in [3.63, 3.8) is 0 Å². The number of carboxylic acids is 1. The standard InChI is InChI=1S/C11H12N2O3S/c1-7-10(11(14)15)2-8(16-7)3-12-4-9-5-13-6-17-9/h2,5-6,12H,3-4H2,1H3,(H,14,15). The zero-order valence-electron chi connectivity index (χ0n) is 9.27. The summed E-state index contributed by atoms with van der Waals surface area (Å²) in [5.74, 6) is 0.108. The highest BCUT2D eigenvalue weighted by atomic mass is 32.1. The third kappa shape index (κ3) is 2.92. The summed E-state index contributed by atoms with van der Waals surface area (Å²) in [6.45, 7) is 2.86. The van der Waals surface area contributed by atoms with Gasteiger partial charge in [-0.2, -0.15) is 0 Å². The average Bonchev–Trinajstić information content (AvgIpc) is 2.88. The first-order valence-corrected chi connectivity index (χ1v) is 5.95. The van der Waals surface area contributed by atoms with E-state index in [1.807, 2.05) is 0 Å². The number of hydrogen-bond donors (Lipinski definition) is 2. The van der Waals surface area contributed by atoms with Crippen molar-refractivity contribution < 1.29 is 14.3 Å². The molecule has 5 nitrogen and oxygen atoms in total. The Morgan fingerprint density at radius 3 is 3.00 bits per heavy atom. The number of aromatic carboxylic acids is 1. The molecule has 0 radical (unpaired) electrons. The maximum atomic E-state index is 10.8. The molecule has 90 valence electrons. The van der Waals surface area contributed by atoms with E-state index >= 15 is 0 Å². The van der Waals surface area contributed by atoms with E-state index in [1.165, 1.54) is 0 Å². The Kier molecular flexibility index (Phi) is 3.55. The van der Waals surface area contributed by atoms with Gasteiger partial charge >= 0.3 is 5.97 Å². The van der Waals surface area contributed by atoms with Gasteiger partial charge in [0.05, 0.1) is 12.1 Å². The van der Waals surface area contributed by atoms with Gasteiger partial charge in [0.15, 0.2) is 0 Å². The molecule has 2 aromatic heterocycles. The molecule has 0 spiro atoms. The Labute approximate surface area is 102 Å². The molecule has 0 aliphatic rings. The summed E-state index contributed by atoms with van der Waals surface area (Å²) in [6, 6.07) is 1.55. The summed E-state index contributed by atoms with van der Waals surface area (Å²) in [6.07, 6.45) is 1.80. The number of hydrogen-bond acceptors (Lipinski definition) is 5. The first-order valence-electron chi connectivity index (χ1n) is 5.07. The van der Waals surface area contributed by atoms with E-state index in [0.29, 0.717) is 24.6 Å². The van der Waals surface area contributed by atoms with E-state index in [-0.39, 0.29) is 5.56 Å². The molecule has 0 aliphatic carbocycles. The van der Waals surface area contributed by atoms with Gasteiger partial charge in [-0.25, -0.2) is 4.79 Å². The number of nitrogens with zero attached hydrogens (tertiary/aromatic N) is 1. The molecule has 0 aromatic carbocycles. The second-order valence-electron chi connectivity index (χ2n) is 3.56. The van der Waals surface area contributed by atoms with Crippen LogP contribution in [0.2, 0.25) is 0 Å². The number of furan rings is 1. The minimum absolute atomic E-state index is 0.222. The largest absolute Gasteiger partial charge is 0.478 e. The van der Waals surface area contributed by atoms with E-state index < -0.39 is 5.97 Å². The molecule has 0 amide bonds. The van der Waals surface area contributed by atoms with Crippen molar-refractivity contribution >= 4 is 17.3 Å². The maximum Gasteiger partial charge on any atom is 0.339 e. The van der Waals surface area contributed by atoms with Crippen molar-refractivity contribution in [2.45, 2.75) is 20.0 Å². The average molecular weight is 252 g/mol. The molecule has 2 N–H and O–H groups in total. The Hall–Kier alpha value is -1.66. The van der Waals surface area contributed by atoms with Crippen molar-refractivity contribution in [1.29, 1.82) is 0 Å². The Balaban J connectivity index is 1.91. The fraction of sp³-hybridized carbons (Fsp3) is 0.273. The van der Waals surface area contributed by atoms with Gasteiger partial charge in [-0.1, -0.05) is 0 Å². The Morgan fingerprint density at radius 1 is 1.59 bits per heavy atom. The Morgan fingerprint density at radius 2 is 2.41 bits per heavy atom. The van der Waals surface area contributed by atoms with Gasteiger partial charge in [-0.3, -0.25) is 4.98 Å². The Bertz CT molecular complexity index is 505. The molecule has 0 aliphatic heterocycles. The highest BCUT2D eigenvalue weighted by molar-refractivity contribution is 7.09. The topological polar surface area (TPSA) is 75.4 Å². The lowest BCUT2D eigenvalue weighted by Gasteiger charge is -1.98. The lowest BCUT2D eigenvalue weighted by Crippen LogP contribution is -2.11. The van der Waals surface area contributed by atoms with Crippen LogP contribution >= 0.6 is 11.3 Å². The lowest BCUT2D eigenvalue weighted by atomic mass is 10.2. The van der Waals surface area contributed by atoms with Crippen LogP contribution in [-0.2, 0) is 13.1 Å². The van der Waals surface area contributed by atoms with Gasteiger partial charge in [0.2, 0.25) is 0 Å². The zero-order chi connectivity index (χ0) is 12.3. The van der Waals surface area contributed by atoms with Crippen LogP contribution in [0, 0.1) is 6.92 Å². The van der Waals surface area contributed by atoms with E-state index in [0.717, 1.165) is 4.88 Å². The lowest BCUT2D eigenvalue weighted by molar-refractivity contribution is 0.0695. The molecule has 0 fully saturated rings. The number of aryl methyl sites for hydroxylation is 1. The van der Waals surface area contributed by atoms with Crippen molar-refractivity contribution in [2.75, 3.05) is 0 Å². The van der Waals surface area contributed by atoms with Crippen LogP contribution in [0.4, 0.5) is 0 Å². The normalized spacial score (nSPS) is 10.6. The SMILES string of the molecule is Cc1oc(CNCc2cncs2)cc1C(=O)O. The van der Waals surface area contributed by atoms with Crippen LogP contribution in [0.25, 0.3) is 0 Å². The van der Waals surface area contributed by atoms with Crippen LogP contribution < -0.4 is 5.32 Å². The number of thiazole rings is 1. The highest BCUT2D eigenvalue weighted by Crippen LogP contribution is 2.14. The molecule has 0 atom stereocenters. The predicted molar refractivity (Wildman–Crippen MR) is 63.1 cm³/mol. The second kappa shape index (κ2) is 5.11. The van der Waals surface area contributed by atoms with Crippen LogP contribution in [0.15, 0.2) is 22.2 Å². The molecule has 0 saturated heterocycles. The van der Waals surface area contributed by atoms with Gasteiger partial charge in [-0.15, -0.1) is 11.3 Å². The molecule has 6 heteroatoms. The van der Waals surface area contributed by atoms with E-state index in [9.17, 15) is 4.79 Å². The summed E-state index contributed by atoms with van der Waals surface area (Å²) in [4.78, 5) is 15.9. The molecule has 0 unspecified atom stereocenters. The van der Waals surface area contributed by atoms with Crippen LogP contribution in [0.1, 0.15) is 26.8 Å². The van der Waals surface area contributed by atoms with Crippen molar-refractivity contribution in [2.24, 2.45) is 0 Å². The molecule has 0 saturated carbocycles. The number of carbonyl (C=O) groups is 1. The van der Waals surface area contributed by atoms with E-state index in [1.54, 1.807) is 36.0 Å². The summed E-state index contributed by atoms with van der Waals surface area (Å²) < 4.78 is 5.34. The minimum atomic E-state index is -0.958. The molecular weight excluding hydrogens is 240 g/mol. The molecular formula is C11H12N2O3S. The minimum Gasteiger partial charge on any atom is -0.478 e. The molecule has 2 aromatic rings. The molecule has 2 rings (SSSR count). The molecule has 17 heavy (non-hydrogen) atoms. The fourth-order valence-electron chi connectivity index (χ4n) is 1.48. The van der Waals surface area contributed by atoms with E-state index in [4.69, 9.17) is 9.52 Å².